The monoisotopic (exact) mass is 386 g/mol. The van der Waals surface area contributed by atoms with Crippen molar-refractivity contribution in [2.24, 2.45) is 0 Å². The van der Waals surface area contributed by atoms with E-state index in [1.165, 1.54) is 12.8 Å². The third kappa shape index (κ3) is 4.10. The van der Waals surface area contributed by atoms with Crippen molar-refractivity contribution < 1.29 is 4.74 Å². The first-order chi connectivity index (χ1) is 10.1. The number of nitrogens with one attached hydrogen (secondary N) is 1. The molecule has 3 nitrogen and oxygen atoms in total. The Hall–Kier alpha value is -0.810. The second-order valence-corrected chi connectivity index (χ2v) is 6.69. The summed E-state index contributed by atoms with van der Waals surface area (Å²) < 4.78 is 6.57. The maximum atomic E-state index is 6.23. The van der Waals surface area contributed by atoms with E-state index in [0.29, 0.717) is 27.7 Å². The van der Waals surface area contributed by atoms with Crippen LogP contribution in [0.5, 0.6) is 11.6 Å². The molecule has 0 amide bonds. The quantitative estimate of drug-likeness (QED) is 0.765. The lowest BCUT2D eigenvalue weighted by Gasteiger charge is -2.10. The van der Waals surface area contributed by atoms with Crippen molar-refractivity contribution in [2.45, 2.75) is 25.4 Å². The lowest BCUT2D eigenvalue weighted by Crippen LogP contribution is -2.15. The first kappa shape index (κ1) is 15.1. The molecule has 0 spiro atoms. The molecule has 3 rings (SSSR count). The third-order valence-electron chi connectivity index (χ3n) is 3.14. The number of halogens is 3. The van der Waals surface area contributed by atoms with Gasteiger partial charge in [-0.25, -0.2) is 4.98 Å². The Morgan fingerprint density at radius 3 is 2.76 bits per heavy atom. The Morgan fingerprint density at radius 2 is 2.05 bits per heavy atom. The van der Waals surface area contributed by atoms with Crippen molar-refractivity contribution in [1.29, 1.82) is 0 Å². The number of benzene rings is 1. The number of nitrogens with zero attached hydrogens (tertiary/aromatic N) is 1. The van der Waals surface area contributed by atoms with Crippen molar-refractivity contribution in [3.8, 4) is 11.6 Å². The van der Waals surface area contributed by atoms with Crippen LogP contribution in [0.4, 0.5) is 0 Å². The van der Waals surface area contributed by atoms with E-state index < -0.39 is 0 Å². The maximum absolute atomic E-state index is 6.23. The standard InChI is InChI=1S/C15H13BrCl2N2O/c16-10-1-4-12(17)14(6-10)21-15-13(18)5-9(8-20-15)7-19-11-2-3-11/h1,4-6,8,11,19H,2-3,7H2. The lowest BCUT2D eigenvalue weighted by molar-refractivity contribution is 0.462. The van der Waals surface area contributed by atoms with Gasteiger partial charge in [-0.1, -0.05) is 39.1 Å². The molecule has 1 aliphatic rings. The summed E-state index contributed by atoms with van der Waals surface area (Å²) in [5.41, 5.74) is 1.04. The molecule has 1 heterocycles. The van der Waals surface area contributed by atoms with Gasteiger partial charge in [-0.2, -0.15) is 0 Å². The molecule has 0 radical (unpaired) electrons. The van der Waals surface area contributed by atoms with Gasteiger partial charge in [-0.05, 0) is 42.7 Å². The average molecular weight is 388 g/mol. The Bertz CT molecular complexity index is 662. The largest absolute Gasteiger partial charge is 0.436 e. The van der Waals surface area contributed by atoms with Gasteiger partial charge in [0.15, 0.2) is 0 Å². The predicted octanol–water partition coefficient (Wildman–Crippen LogP) is 5.20. The summed E-state index contributed by atoms with van der Waals surface area (Å²) in [6.07, 6.45) is 4.27. The van der Waals surface area contributed by atoms with Gasteiger partial charge in [0.05, 0.1) is 5.02 Å². The Balaban J connectivity index is 1.74. The van der Waals surface area contributed by atoms with Gasteiger partial charge >= 0.3 is 0 Å². The van der Waals surface area contributed by atoms with Crippen LogP contribution in [-0.4, -0.2) is 11.0 Å². The van der Waals surface area contributed by atoms with Crippen LogP contribution < -0.4 is 10.1 Å². The molecule has 6 heteroatoms. The van der Waals surface area contributed by atoms with Gasteiger partial charge in [-0.3, -0.25) is 0 Å². The molecule has 1 aromatic heterocycles. The fraction of sp³-hybridized carbons (Fsp3) is 0.267. The van der Waals surface area contributed by atoms with Crippen LogP contribution >= 0.6 is 39.1 Å². The van der Waals surface area contributed by atoms with Gasteiger partial charge in [0, 0.05) is 23.3 Å². The minimum absolute atomic E-state index is 0.354. The van der Waals surface area contributed by atoms with Crippen molar-refractivity contribution in [2.75, 3.05) is 0 Å². The molecule has 0 saturated heterocycles. The van der Waals surface area contributed by atoms with Crippen molar-refractivity contribution in [3.05, 3.63) is 50.5 Å². The van der Waals surface area contributed by atoms with E-state index >= 15 is 0 Å². The van der Waals surface area contributed by atoms with Crippen LogP contribution in [0.1, 0.15) is 18.4 Å². The highest BCUT2D eigenvalue weighted by molar-refractivity contribution is 9.10. The van der Waals surface area contributed by atoms with E-state index in [9.17, 15) is 0 Å². The third-order valence-corrected chi connectivity index (χ3v) is 4.21. The minimum atomic E-state index is 0.354. The highest BCUT2D eigenvalue weighted by Gasteiger charge is 2.20. The zero-order valence-corrected chi connectivity index (χ0v) is 14.2. The van der Waals surface area contributed by atoms with Crippen LogP contribution in [0.25, 0.3) is 0 Å². The summed E-state index contributed by atoms with van der Waals surface area (Å²) in [4.78, 5) is 4.27. The molecule has 2 aromatic rings. The highest BCUT2D eigenvalue weighted by Crippen LogP contribution is 2.34. The molecular formula is C15H13BrCl2N2O. The molecule has 1 saturated carbocycles. The second kappa shape index (κ2) is 6.53. The van der Waals surface area contributed by atoms with Crippen molar-refractivity contribution in [1.82, 2.24) is 10.3 Å². The molecule has 21 heavy (non-hydrogen) atoms. The maximum Gasteiger partial charge on any atom is 0.238 e. The second-order valence-electron chi connectivity index (χ2n) is 4.96. The van der Waals surface area contributed by atoms with Crippen LogP contribution in [0.2, 0.25) is 10.0 Å². The van der Waals surface area contributed by atoms with Gasteiger partial charge in [0.1, 0.15) is 10.8 Å². The average Bonchev–Trinajstić information content (AvgIpc) is 3.27. The first-order valence-corrected chi connectivity index (χ1v) is 8.17. The molecule has 0 bridgehead atoms. The van der Waals surface area contributed by atoms with Gasteiger partial charge in [0.25, 0.3) is 0 Å². The smallest absolute Gasteiger partial charge is 0.238 e. The summed E-state index contributed by atoms with van der Waals surface area (Å²) >= 11 is 15.7. The molecule has 1 fully saturated rings. The van der Waals surface area contributed by atoms with Gasteiger partial charge in [-0.15, -0.1) is 0 Å². The van der Waals surface area contributed by atoms with Crippen LogP contribution in [-0.2, 0) is 6.54 Å². The summed E-state index contributed by atoms with van der Waals surface area (Å²) in [6.45, 7) is 0.773. The van der Waals surface area contributed by atoms with Gasteiger partial charge < -0.3 is 10.1 Å². The van der Waals surface area contributed by atoms with E-state index in [2.05, 4.69) is 26.2 Å². The number of hydrogen-bond donors (Lipinski definition) is 1. The lowest BCUT2D eigenvalue weighted by atomic mass is 10.3. The molecule has 1 aliphatic carbocycles. The van der Waals surface area contributed by atoms with Crippen molar-refractivity contribution in [3.63, 3.8) is 0 Å². The first-order valence-electron chi connectivity index (χ1n) is 6.62. The van der Waals surface area contributed by atoms with E-state index in [-0.39, 0.29) is 0 Å². The summed E-state index contributed by atoms with van der Waals surface area (Å²) in [6, 6.07) is 7.90. The fourth-order valence-electron chi connectivity index (χ4n) is 1.85. The molecule has 0 aliphatic heterocycles. The Morgan fingerprint density at radius 1 is 1.24 bits per heavy atom. The molecular weight excluding hydrogens is 375 g/mol. The summed E-state index contributed by atoms with van der Waals surface area (Å²) in [7, 11) is 0. The summed E-state index contributed by atoms with van der Waals surface area (Å²) in [5, 5.41) is 4.40. The van der Waals surface area contributed by atoms with E-state index in [0.717, 1.165) is 16.6 Å². The number of rotatable bonds is 5. The number of aromatic nitrogens is 1. The number of hydrogen-bond acceptors (Lipinski definition) is 3. The number of pyridine rings is 1. The molecule has 0 atom stereocenters. The molecule has 110 valence electrons. The van der Waals surface area contributed by atoms with Gasteiger partial charge in [0.2, 0.25) is 5.88 Å². The number of ether oxygens (including phenoxy) is 1. The summed E-state index contributed by atoms with van der Waals surface area (Å²) in [5.74, 6) is 0.871. The fourth-order valence-corrected chi connectivity index (χ4v) is 2.57. The highest BCUT2D eigenvalue weighted by atomic mass is 79.9. The van der Waals surface area contributed by atoms with E-state index in [4.69, 9.17) is 27.9 Å². The van der Waals surface area contributed by atoms with Crippen LogP contribution in [0, 0.1) is 0 Å². The predicted molar refractivity (Wildman–Crippen MR) is 88.3 cm³/mol. The topological polar surface area (TPSA) is 34.1 Å². The minimum Gasteiger partial charge on any atom is -0.436 e. The molecule has 0 unspecified atom stereocenters. The van der Waals surface area contributed by atoms with E-state index in [1.807, 2.05) is 12.1 Å². The molecule has 1 N–H and O–H groups in total. The Labute approximate surface area is 141 Å². The normalized spacial score (nSPS) is 14.2. The SMILES string of the molecule is Clc1ccc(Br)cc1Oc1ncc(CNC2CC2)cc1Cl. The van der Waals surface area contributed by atoms with Crippen molar-refractivity contribution >= 4 is 39.1 Å². The Kier molecular flexibility index (Phi) is 4.69. The van der Waals surface area contributed by atoms with Crippen LogP contribution in [0.3, 0.4) is 0 Å². The zero-order chi connectivity index (χ0) is 14.8. The van der Waals surface area contributed by atoms with E-state index in [1.54, 1.807) is 18.3 Å². The van der Waals surface area contributed by atoms with Crippen LogP contribution in [0.15, 0.2) is 34.9 Å². The molecule has 1 aromatic carbocycles. The zero-order valence-electron chi connectivity index (χ0n) is 11.1.